The summed E-state index contributed by atoms with van der Waals surface area (Å²) in [7, 11) is 1.70. The molecule has 0 atom stereocenters. The summed E-state index contributed by atoms with van der Waals surface area (Å²) in [6.07, 6.45) is 2.06. The number of ether oxygens (including phenoxy) is 1. The highest BCUT2D eigenvalue weighted by Crippen LogP contribution is 2.25. The van der Waals surface area contributed by atoms with Gasteiger partial charge in [-0.15, -0.1) is 0 Å². The molecule has 3 heteroatoms. The van der Waals surface area contributed by atoms with Gasteiger partial charge in [0.05, 0.1) is 20.3 Å². The molecule has 21 heavy (non-hydrogen) atoms. The van der Waals surface area contributed by atoms with Gasteiger partial charge in [-0.3, -0.25) is 0 Å². The van der Waals surface area contributed by atoms with Crippen LogP contribution >= 0.6 is 0 Å². The van der Waals surface area contributed by atoms with Crippen LogP contribution in [0, 0.1) is 6.92 Å². The zero-order valence-corrected chi connectivity index (χ0v) is 12.3. The second-order valence-corrected chi connectivity index (χ2v) is 5.27. The summed E-state index contributed by atoms with van der Waals surface area (Å²) >= 11 is 0. The Bertz CT molecular complexity index is 774. The number of benzene rings is 2. The Morgan fingerprint density at radius 2 is 1.95 bits per heavy atom. The van der Waals surface area contributed by atoms with Crippen LogP contribution in [-0.4, -0.2) is 16.8 Å². The van der Waals surface area contributed by atoms with Crippen LogP contribution in [0.3, 0.4) is 0 Å². The summed E-state index contributed by atoms with van der Waals surface area (Å²) in [5.41, 5.74) is 4.47. The van der Waals surface area contributed by atoms with Crippen molar-refractivity contribution in [3.8, 4) is 5.75 Å². The van der Waals surface area contributed by atoms with Crippen LogP contribution in [0.5, 0.6) is 5.75 Å². The first kappa shape index (κ1) is 13.7. The van der Waals surface area contributed by atoms with Crippen molar-refractivity contribution in [2.45, 2.75) is 20.1 Å². The van der Waals surface area contributed by atoms with Crippen LogP contribution in [-0.2, 0) is 13.2 Å². The number of hydrogen-bond donors (Lipinski definition) is 1. The number of nitrogens with zero attached hydrogens (tertiary/aromatic N) is 1. The van der Waals surface area contributed by atoms with E-state index >= 15 is 0 Å². The lowest BCUT2D eigenvalue weighted by molar-refractivity contribution is 0.283. The fraction of sp³-hybridized carbons (Fsp3) is 0.222. The van der Waals surface area contributed by atoms with Gasteiger partial charge in [-0.1, -0.05) is 29.8 Å². The van der Waals surface area contributed by atoms with E-state index < -0.39 is 0 Å². The van der Waals surface area contributed by atoms with Gasteiger partial charge in [0.25, 0.3) is 0 Å². The standard InChI is InChI=1S/C18H19NO2/c1-13-6-7-18(21-2)15(10-13)11-19-9-8-16-14(12-20)4-3-5-17(16)19/h3-10,20H,11-12H2,1-2H3. The number of methoxy groups -OCH3 is 1. The highest BCUT2D eigenvalue weighted by atomic mass is 16.5. The zero-order valence-electron chi connectivity index (χ0n) is 12.3. The fourth-order valence-corrected chi connectivity index (χ4v) is 2.78. The van der Waals surface area contributed by atoms with Crippen molar-refractivity contribution >= 4 is 10.9 Å². The van der Waals surface area contributed by atoms with Gasteiger partial charge in [-0.25, -0.2) is 0 Å². The van der Waals surface area contributed by atoms with Crippen LogP contribution in [0.15, 0.2) is 48.7 Å². The zero-order chi connectivity index (χ0) is 14.8. The number of fused-ring (bicyclic) bond motifs is 1. The second-order valence-electron chi connectivity index (χ2n) is 5.27. The second kappa shape index (κ2) is 5.62. The lowest BCUT2D eigenvalue weighted by Crippen LogP contribution is -2.01. The van der Waals surface area contributed by atoms with Gasteiger partial charge < -0.3 is 14.4 Å². The highest BCUT2D eigenvalue weighted by molar-refractivity contribution is 5.83. The van der Waals surface area contributed by atoms with E-state index in [0.29, 0.717) is 0 Å². The van der Waals surface area contributed by atoms with E-state index in [4.69, 9.17) is 4.74 Å². The first-order valence-corrected chi connectivity index (χ1v) is 7.04. The van der Waals surface area contributed by atoms with Gasteiger partial charge in [0.15, 0.2) is 0 Å². The normalized spacial score (nSPS) is 11.0. The molecule has 0 aliphatic rings. The molecule has 0 spiro atoms. The molecule has 0 radical (unpaired) electrons. The average molecular weight is 281 g/mol. The molecule has 1 heterocycles. The Morgan fingerprint density at radius 3 is 2.71 bits per heavy atom. The first-order chi connectivity index (χ1) is 10.2. The monoisotopic (exact) mass is 281 g/mol. The molecule has 3 nitrogen and oxygen atoms in total. The van der Waals surface area contributed by atoms with E-state index in [1.807, 2.05) is 18.2 Å². The van der Waals surface area contributed by atoms with Crippen LogP contribution < -0.4 is 4.74 Å². The molecular weight excluding hydrogens is 262 g/mol. The van der Waals surface area contributed by atoms with Crippen LogP contribution in [0.4, 0.5) is 0 Å². The van der Waals surface area contributed by atoms with Crippen molar-refractivity contribution < 1.29 is 9.84 Å². The maximum absolute atomic E-state index is 9.42. The molecule has 0 amide bonds. The van der Waals surface area contributed by atoms with Gasteiger partial charge in [0.2, 0.25) is 0 Å². The summed E-state index contributed by atoms with van der Waals surface area (Å²) in [6.45, 7) is 2.90. The summed E-state index contributed by atoms with van der Waals surface area (Å²) in [6, 6.07) is 14.3. The van der Waals surface area contributed by atoms with Gasteiger partial charge >= 0.3 is 0 Å². The molecule has 3 aromatic rings. The van der Waals surface area contributed by atoms with Gasteiger partial charge in [0.1, 0.15) is 5.75 Å². The summed E-state index contributed by atoms with van der Waals surface area (Å²) in [5.74, 6) is 0.903. The first-order valence-electron chi connectivity index (χ1n) is 7.04. The minimum Gasteiger partial charge on any atom is -0.496 e. The quantitative estimate of drug-likeness (QED) is 0.794. The van der Waals surface area contributed by atoms with E-state index in [2.05, 4.69) is 42.0 Å². The summed E-state index contributed by atoms with van der Waals surface area (Å²) < 4.78 is 7.64. The lowest BCUT2D eigenvalue weighted by Gasteiger charge is -2.12. The molecule has 1 aromatic heterocycles. The number of aryl methyl sites for hydroxylation is 1. The minimum atomic E-state index is 0.0646. The Labute approximate surface area is 124 Å². The average Bonchev–Trinajstić information content (AvgIpc) is 2.91. The summed E-state index contributed by atoms with van der Waals surface area (Å²) in [5, 5.41) is 10.5. The Kier molecular flexibility index (Phi) is 3.67. The molecule has 0 bridgehead atoms. The van der Waals surface area contributed by atoms with Crippen molar-refractivity contribution in [1.82, 2.24) is 4.57 Å². The van der Waals surface area contributed by atoms with Crippen molar-refractivity contribution in [1.29, 1.82) is 0 Å². The maximum Gasteiger partial charge on any atom is 0.123 e. The molecule has 0 unspecified atom stereocenters. The van der Waals surface area contributed by atoms with Gasteiger partial charge in [-0.05, 0) is 30.7 Å². The molecule has 0 aliphatic carbocycles. The number of rotatable bonds is 4. The predicted molar refractivity (Wildman–Crippen MR) is 84.7 cm³/mol. The van der Waals surface area contributed by atoms with E-state index in [9.17, 15) is 5.11 Å². The third-order valence-corrected chi connectivity index (χ3v) is 3.85. The molecule has 1 N–H and O–H groups in total. The smallest absolute Gasteiger partial charge is 0.123 e. The predicted octanol–water partition coefficient (Wildman–Crippen LogP) is 3.50. The maximum atomic E-state index is 9.42. The highest BCUT2D eigenvalue weighted by Gasteiger charge is 2.08. The topological polar surface area (TPSA) is 34.4 Å². The Hall–Kier alpha value is -2.26. The van der Waals surface area contributed by atoms with Gasteiger partial charge in [0, 0.05) is 22.7 Å². The number of aliphatic hydroxyl groups is 1. The summed E-state index contributed by atoms with van der Waals surface area (Å²) in [4.78, 5) is 0. The van der Waals surface area contributed by atoms with Crippen molar-refractivity contribution in [3.63, 3.8) is 0 Å². The van der Waals surface area contributed by atoms with E-state index in [1.54, 1.807) is 7.11 Å². The van der Waals surface area contributed by atoms with E-state index in [1.165, 1.54) is 5.56 Å². The molecule has 2 aromatic carbocycles. The van der Waals surface area contributed by atoms with Crippen molar-refractivity contribution in [2.24, 2.45) is 0 Å². The van der Waals surface area contributed by atoms with Gasteiger partial charge in [-0.2, -0.15) is 0 Å². The third-order valence-electron chi connectivity index (χ3n) is 3.85. The molecule has 0 saturated carbocycles. The van der Waals surface area contributed by atoms with Crippen LogP contribution in [0.1, 0.15) is 16.7 Å². The number of hydrogen-bond acceptors (Lipinski definition) is 2. The molecule has 3 rings (SSSR count). The van der Waals surface area contributed by atoms with E-state index in [0.717, 1.165) is 34.3 Å². The third kappa shape index (κ3) is 2.52. The molecule has 108 valence electrons. The van der Waals surface area contributed by atoms with E-state index in [-0.39, 0.29) is 6.61 Å². The largest absolute Gasteiger partial charge is 0.496 e. The van der Waals surface area contributed by atoms with Crippen molar-refractivity contribution in [3.05, 3.63) is 65.4 Å². The molecule has 0 aliphatic heterocycles. The SMILES string of the molecule is COc1ccc(C)cc1Cn1ccc2c(CO)cccc21. The fourth-order valence-electron chi connectivity index (χ4n) is 2.78. The molecule has 0 fully saturated rings. The minimum absolute atomic E-state index is 0.0646. The number of aliphatic hydroxyl groups excluding tert-OH is 1. The molecular formula is C18H19NO2. The van der Waals surface area contributed by atoms with Crippen LogP contribution in [0.25, 0.3) is 10.9 Å². The Balaban J connectivity index is 2.05. The van der Waals surface area contributed by atoms with Crippen molar-refractivity contribution in [2.75, 3.05) is 7.11 Å². The molecule has 0 saturated heterocycles. The Morgan fingerprint density at radius 1 is 1.10 bits per heavy atom. The lowest BCUT2D eigenvalue weighted by atomic mass is 10.1. The number of aromatic nitrogens is 1. The van der Waals surface area contributed by atoms with Crippen LogP contribution in [0.2, 0.25) is 0 Å².